The van der Waals surface area contributed by atoms with Crippen molar-refractivity contribution in [3.8, 4) is 0 Å². The van der Waals surface area contributed by atoms with Crippen molar-refractivity contribution in [3.05, 3.63) is 30.1 Å². The molecule has 2 atom stereocenters. The Hall–Kier alpha value is -2.44. The van der Waals surface area contributed by atoms with E-state index in [1.807, 2.05) is 0 Å². The summed E-state index contributed by atoms with van der Waals surface area (Å²) < 4.78 is 13.2. The Labute approximate surface area is 152 Å². The lowest BCUT2D eigenvalue weighted by atomic mass is 9.64. The van der Waals surface area contributed by atoms with E-state index in [2.05, 4.69) is 31.4 Å². The van der Waals surface area contributed by atoms with Gasteiger partial charge in [0.15, 0.2) is 0 Å². The molecule has 2 fully saturated rings. The highest BCUT2D eigenvalue weighted by Crippen LogP contribution is 2.46. The minimum absolute atomic E-state index is 0.0690. The third kappa shape index (κ3) is 3.57. The van der Waals surface area contributed by atoms with Crippen molar-refractivity contribution in [2.45, 2.75) is 45.6 Å². The van der Waals surface area contributed by atoms with Gasteiger partial charge in [-0.2, -0.15) is 0 Å². The third-order valence-corrected chi connectivity index (χ3v) is 5.03. The first-order valence-corrected chi connectivity index (χ1v) is 8.80. The summed E-state index contributed by atoms with van der Waals surface area (Å²) >= 11 is 0. The number of amides is 4. The van der Waals surface area contributed by atoms with E-state index in [0.29, 0.717) is 18.8 Å². The summed E-state index contributed by atoms with van der Waals surface area (Å²) in [7, 11) is 0. The molecular weight excluding hydrogens is 337 g/mol. The maximum absolute atomic E-state index is 13.2. The van der Waals surface area contributed by atoms with Crippen LogP contribution in [0.1, 0.15) is 40.0 Å². The zero-order valence-corrected chi connectivity index (χ0v) is 15.3. The van der Waals surface area contributed by atoms with Crippen LogP contribution in [0.2, 0.25) is 0 Å². The fraction of sp³-hybridized carbons (Fsp3) is 0.526. The Bertz CT molecular complexity index is 764. The molecule has 2 aliphatic rings. The van der Waals surface area contributed by atoms with E-state index in [1.165, 1.54) is 18.2 Å². The smallest absolute Gasteiger partial charge is 0.324 e. The van der Waals surface area contributed by atoms with Gasteiger partial charge in [-0.3, -0.25) is 14.5 Å². The number of hydrogen-bond acceptors (Lipinski definition) is 3. The van der Waals surface area contributed by atoms with Crippen LogP contribution in [0, 0.1) is 17.2 Å². The fourth-order valence-electron chi connectivity index (χ4n) is 4.56. The van der Waals surface area contributed by atoms with Gasteiger partial charge in [-0.25, -0.2) is 9.18 Å². The van der Waals surface area contributed by atoms with Gasteiger partial charge in [0.1, 0.15) is 17.9 Å². The highest BCUT2D eigenvalue weighted by atomic mass is 19.1. The molecule has 1 spiro atoms. The number of carbonyl (C=O) groups excluding carboxylic acids is 3. The number of imide groups is 1. The molecule has 1 aliphatic carbocycles. The summed E-state index contributed by atoms with van der Waals surface area (Å²) in [5.41, 5.74) is -0.720. The van der Waals surface area contributed by atoms with Gasteiger partial charge in [0.05, 0.1) is 0 Å². The SMILES string of the molecule is CC1CC(C)(C)CC2(C1)NC(=O)N(CC(=O)Nc1cccc(F)c1)C2=O. The molecule has 26 heavy (non-hydrogen) atoms. The van der Waals surface area contributed by atoms with E-state index in [0.717, 1.165) is 11.3 Å². The molecule has 1 aromatic rings. The standard InChI is InChI=1S/C19H24FN3O3/c1-12-8-18(2,3)11-19(9-12)16(25)23(17(26)22-19)10-15(24)21-14-6-4-5-13(20)7-14/h4-7,12H,8-11H2,1-3H3,(H,21,24)(H,22,26). The summed E-state index contributed by atoms with van der Waals surface area (Å²) in [6.07, 6.45) is 2.11. The predicted molar refractivity (Wildman–Crippen MR) is 94.8 cm³/mol. The van der Waals surface area contributed by atoms with Crippen molar-refractivity contribution in [2.24, 2.45) is 11.3 Å². The maximum Gasteiger partial charge on any atom is 0.325 e. The molecule has 140 valence electrons. The van der Waals surface area contributed by atoms with Crippen molar-refractivity contribution in [1.82, 2.24) is 10.2 Å². The summed E-state index contributed by atoms with van der Waals surface area (Å²) in [6.45, 7) is 5.85. The molecule has 0 aromatic heterocycles. The van der Waals surface area contributed by atoms with Crippen LogP contribution < -0.4 is 10.6 Å². The van der Waals surface area contributed by atoms with Gasteiger partial charge in [0.25, 0.3) is 5.91 Å². The zero-order valence-electron chi connectivity index (χ0n) is 15.3. The molecule has 2 N–H and O–H groups in total. The zero-order chi connectivity index (χ0) is 19.1. The Balaban J connectivity index is 1.72. The van der Waals surface area contributed by atoms with E-state index in [-0.39, 0.29) is 17.0 Å². The molecule has 1 saturated carbocycles. The minimum atomic E-state index is -0.933. The lowest BCUT2D eigenvalue weighted by Crippen LogP contribution is -2.54. The van der Waals surface area contributed by atoms with Crippen LogP contribution >= 0.6 is 0 Å². The second kappa shape index (κ2) is 6.37. The molecule has 1 heterocycles. The highest BCUT2D eigenvalue weighted by molar-refractivity contribution is 6.10. The van der Waals surface area contributed by atoms with Gasteiger partial charge in [-0.05, 0) is 48.8 Å². The third-order valence-electron chi connectivity index (χ3n) is 5.03. The minimum Gasteiger partial charge on any atom is -0.324 e. The van der Waals surface area contributed by atoms with Crippen LogP contribution in [0.25, 0.3) is 0 Å². The summed E-state index contributed by atoms with van der Waals surface area (Å²) in [5, 5.41) is 5.35. The molecule has 0 bridgehead atoms. The van der Waals surface area contributed by atoms with Crippen LogP contribution in [0.15, 0.2) is 24.3 Å². The van der Waals surface area contributed by atoms with Gasteiger partial charge < -0.3 is 10.6 Å². The average Bonchev–Trinajstić information content (AvgIpc) is 2.68. The number of rotatable bonds is 3. The van der Waals surface area contributed by atoms with Gasteiger partial charge in [-0.15, -0.1) is 0 Å². The van der Waals surface area contributed by atoms with E-state index >= 15 is 0 Å². The van der Waals surface area contributed by atoms with Crippen molar-refractivity contribution >= 4 is 23.5 Å². The number of urea groups is 1. The predicted octanol–water partition coefficient (Wildman–Crippen LogP) is 2.90. The quantitative estimate of drug-likeness (QED) is 0.813. The number of anilines is 1. The van der Waals surface area contributed by atoms with Crippen molar-refractivity contribution in [1.29, 1.82) is 0 Å². The fourth-order valence-corrected chi connectivity index (χ4v) is 4.56. The molecule has 6 nitrogen and oxygen atoms in total. The van der Waals surface area contributed by atoms with Gasteiger partial charge in [0.2, 0.25) is 5.91 Å². The van der Waals surface area contributed by atoms with Crippen LogP contribution in [-0.4, -0.2) is 34.8 Å². The molecule has 4 amide bonds. The number of benzene rings is 1. The van der Waals surface area contributed by atoms with Crippen LogP contribution in [-0.2, 0) is 9.59 Å². The molecular formula is C19H24FN3O3. The maximum atomic E-state index is 13.2. The van der Waals surface area contributed by atoms with Crippen LogP contribution in [0.5, 0.6) is 0 Å². The van der Waals surface area contributed by atoms with Crippen LogP contribution in [0.4, 0.5) is 14.9 Å². The summed E-state index contributed by atoms with van der Waals surface area (Å²) in [6, 6.07) is 4.91. The van der Waals surface area contributed by atoms with Gasteiger partial charge >= 0.3 is 6.03 Å². The Kier molecular flexibility index (Phi) is 4.50. The molecule has 7 heteroatoms. The number of halogens is 1. The molecule has 1 aromatic carbocycles. The van der Waals surface area contributed by atoms with Crippen molar-refractivity contribution < 1.29 is 18.8 Å². The van der Waals surface area contributed by atoms with Crippen molar-refractivity contribution in [2.75, 3.05) is 11.9 Å². The lowest BCUT2D eigenvalue weighted by Gasteiger charge is -2.43. The first kappa shape index (κ1) is 18.4. The first-order chi connectivity index (χ1) is 12.1. The number of hydrogen-bond donors (Lipinski definition) is 2. The number of carbonyl (C=O) groups is 3. The monoisotopic (exact) mass is 361 g/mol. The molecule has 1 saturated heterocycles. The summed E-state index contributed by atoms with van der Waals surface area (Å²) in [5.74, 6) is -1.07. The van der Waals surface area contributed by atoms with Gasteiger partial charge in [0, 0.05) is 5.69 Å². The van der Waals surface area contributed by atoms with E-state index in [1.54, 1.807) is 6.07 Å². The number of nitrogens with zero attached hydrogens (tertiary/aromatic N) is 1. The number of nitrogens with one attached hydrogen (secondary N) is 2. The van der Waals surface area contributed by atoms with E-state index < -0.39 is 29.8 Å². The second-order valence-electron chi connectivity index (χ2n) is 8.32. The van der Waals surface area contributed by atoms with E-state index in [4.69, 9.17) is 0 Å². The van der Waals surface area contributed by atoms with Crippen LogP contribution in [0.3, 0.4) is 0 Å². The molecule has 3 rings (SSSR count). The molecule has 2 unspecified atom stereocenters. The average molecular weight is 361 g/mol. The molecule has 0 radical (unpaired) electrons. The highest BCUT2D eigenvalue weighted by Gasteiger charge is 2.56. The van der Waals surface area contributed by atoms with Gasteiger partial charge in [-0.1, -0.05) is 26.8 Å². The lowest BCUT2D eigenvalue weighted by molar-refractivity contribution is -0.136. The Morgan fingerprint density at radius 2 is 2.08 bits per heavy atom. The largest absolute Gasteiger partial charge is 0.325 e. The Morgan fingerprint density at radius 3 is 2.73 bits per heavy atom. The summed E-state index contributed by atoms with van der Waals surface area (Å²) in [4.78, 5) is 38.5. The van der Waals surface area contributed by atoms with E-state index in [9.17, 15) is 18.8 Å². The first-order valence-electron chi connectivity index (χ1n) is 8.80. The van der Waals surface area contributed by atoms with Crippen molar-refractivity contribution in [3.63, 3.8) is 0 Å². The topological polar surface area (TPSA) is 78.5 Å². The Morgan fingerprint density at radius 1 is 1.35 bits per heavy atom. The molecule has 1 aliphatic heterocycles. The normalized spacial score (nSPS) is 27.5. The second-order valence-corrected chi connectivity index (χ2v) is 8.32.